The van der Waals surface area contributed by atoms with Crippen molar-refractivity contribution < 1.29 is 14.3 Å². The topological polar surface area (TPSA) is 82.7 Å². The van der Waals surface area contributed by atoms with E-state index in [0.717, 1.165) is 13.1 Å². The smallest absolute Gasteiger partial charge is 0.256 e. The van der Waals surface area contributed by atoms with Gasteiger partial charge in [0.25, 0.3) is 5.91 Å². The molecule has 0 aliphatic carbocycles. The highest BCUT2D eigenvalue weighted by atomic mass is 16.5. The van der Waals surface area contributed by atoms with Gasteiger partial charge >= 0.3 is 0 Å². The van der Waals surface area contributed by atoms with Gasteiger partial charge in [0.2, 0.25) is 5.91 Å². The minimum absolute atomic E-state index is 0.0291. The second-order valence-electron chi connectivity index (χ2n) is 6.58. The van der Waals surface area contributed by atoms with Crippen molar-refractivity contribution in [1.82, 2.24) is 10.2 Å². The maximum absolute atomic E-state index is 12.6. The lowest BCUT2D eigenvalue weighted by Gasteiger charge is -2.34. The second kappa shape index (κ2) is 8.94. The molecule has 2 amide bonds. The van der Waals surface area contributed by atoms with Crippen molar-refractivity contribution in [3.63, 3.8) is 0 Å². The summed E-state index contributed by atoms with van der Waals surface area (Å²) in [4.78, 5) is 26.4. The van der Waals surface area contributed by atoms with E-state index in [0.29, 0.717) is 37.2 Å². The molecule has 1 heterocycles. The van der Waals surface area contributed by atoms with Gasteiger partial charge in [0.05, 0.1) is 0 Å². The van der Waals surface area contributed by atoms with E-state index in [1.807, 2.05) is 19.0 Å². The molecule has 0 radical (unpaired) electrons. The lowest BCUT2D eigenvalue weighted by atomic mass is 9.91. The van der Waals surface area contributed by atoms with Gasteiger partial charge in [0.1, 0.15) is 5.60 Å². The fraction of sp³-hybridized carbons (Fsp3) is 0.556. The van der Waals surface area contributed by atoms with Crippen molar-refractivity contribution in [3.8, 4) is 0 Å². The van der Waals surface area contributed by atoms with Gasteiger partial charge in [-0.1, -0.05) is 0 Å². The SMILES string of the molecule is COC1(C(=O)Nc2ccc(NC(=O)CCN(C)C)cc2)CCNCC1. The van der Waals surface area contributed by atoms with Gasteiger partial charge in [-0.3, -0.25) is 9.59 Å². The standard InChI is InChI=1S/C18H28N4O3/c1-22(2)13-8-16(23)20-14-4-6-15(7-5-14)21-17(24)18(25-3)9-11-19-12-10-18/h4-7,19H,8-13H2,1-3H3,(H,20,23)(H,21,24). The zero-order valence-electron chi connectivity index (χ0n) is 15.2. The Morgan fingerprint density at radius 3 is 2.20 bits per heavy atom. The van der Waals surface area contributed by atoms with Crippen LogP contribution in [0.3, 0.4) is 0 Å². The van der Waals surface area contributed by atoms with Crippen LogP contribution in [-0.2, 0) is 14.3 Å². The number of carbonyl (C=O) groups excluding carboxylic acids is 2. The van der Waals surface area contributed by atoms with E-state index in [4.69, 9.17) is 4.74 Å². The molecule has 0 atom stereocenters. The molecule has 1 aromatic rings. The van der Waals surface area contributed by atoms with Crippen molar-refractivity contribution >= 4 is 23.2 Å². The van der Waals surface area contributed by atoms with Gasteiger partial charge in [-0.05, 0) is 64.3 Å². The van der Waals surface area contributed by atoms with Crippen molar-refractivity contribution in [2.24, 2.45) is 0 Å². The maximum atomic E-state index is 12.6. The maximum Gasteiger partial charge on any atom is 0.256 e. The minimum Gasteiger partial charge on any atom is -0.368 e. The molecule has 25 heavy (non-hydrogen) atoms. The van der Waals surface area contributed by atoms with Crippen LogP contribution in [0, 0.1) is 0 Å². The van der Waals surface area contributed by atoms with Crippen LogP contribution in [-0.4, -0.2) is 63.2 Å². The Hall–Kier alpha value is -1.96. The molecule has 0 aromatic heterocycles. The second-order valence-corrected chi connectivity index (χ2v) is 6.58. The molecule has 0 unspecified atom stereocenters. The molecule has 1 fully saturated rings. The van der Waals surface area contributed by atoms with Crippen LogP contribution in [0.4, 0.5) is 11.4 Å². The number of methoxy groups -OCH3 is 1. The fourth-order valence-corrected chi connectivity index (χ4v) is 2.79. The number of hydrogen-bond acceptors (Lipinski definition) is 5. The summed E-state index contributed by atoms with van der Waals surface area (Å²) in [7, 11) is 5.44. The van der Waals surface area contributed by atoms with Gasteiger partial charge in [0, 0.05) is 31.5 Å². The molecule has 7 heteroatoms. The molecule has 1 aliphatic heterocycles. The Labute approximate surface area is 149 Å². The third kappa shape index (κ3) is 5.52. The average molecular weight is 348 g/mol. The van der Waals surface area contributed by atoms with Crippen LogP contribution in [0.15, 0.2) is 24.3 Å². The normalized spacial score (nSPS) is 16.5. The Bertz CT molecular complexity index is 580. The van der Waals surface area contributed by atoms with E-state index in [-0.39, 0.29) is 11.8 Å². The molecule has 1 aromatic carbocycles. The molecule has 0 saturated carbocycles. The molecule has 3 N–H and O–H groups in total. The van der Waals surface area contributed by atoms with Gasteiger partial charge in [0.15, 0.2) is 0 Å². The van der Waals surface area contributed by atoms with Crippen molar-refractivity contribution in [1.29, 1.82) is 0 Å². The number of amides is 2. The van der Waals surface area contributed by atoms with Gasteiger partial charge in [-0.2, -0.15) is 0 Å². The van der Waals surface area contributed by atoms with Crippen molar-refractivity contribution in [2.45, 2.75) is 24.9 Å². The van der Waals surface area contributed by atoms with Gasteiger partial charge in [-0.15, -0.1) is 0 Å². The third-order valence-electron chi connectivity index (χ3n) is 4.43. The Kier molecular flexibility index (Phi) is 6.92. The number of rotatable bonds is 7. The number of nitrogens with zero attached hydrogens (tertiary/aromatic N) is 1. The summed E-state index contributed by atoms with van der Waals surface area (Å²) in [5.74, 6) is -0.155. The summed E-state index contributed by atoms with van der Waals surface area (Å²) in [6, 6.07) is 7.13. The lowest BCUT2D eigenvalue weighted by Crippen LogP contribution is -2.51. The largest absolute Gasteiger partial charge is 0.368 e. The molecular formula is C18H28N4O3. The highest BCUT2D eigenvalue weighted by molar-refractivity contribution is 5.98. The molecule has 1 aliphatic rings. The first-order chi connectivity index (χ1) is 11.9. The molecular weight excluding hydrogens is 320 g/mol. The lowest BCUT2D eigenvalue weighted by molar-refractivity contribution is -0.140. The first kappa shape index (κ1) is 19.4. The first-order valence-electron chi connectivity index (χ1n) is 8.57. The third-order valence-corrected chi connectivity index (χ3v) is 4.43. The van der Waals surface area contributed by atoms with Crippen molar-refractivity contribution in [2.75, 3.05) is 51.5 Å². The number of piperidine rings is 1. The number of ether oxygens (including phenoxy) is 1. The number of anilines is 2. The summed E-state index contributed by atoms with van der Waals surface area (Å²) in [5, 5.41) is 8.99. The van der Waals surface area contributed by atoms with E-state index in [2.05, 4.69) is 16.0 Å². The predicted octanol–water partition coefficient (Wildman–Crippen LogP) is 1.28. The Morgan fingerprint density at radius 2 is 1.68 bits per heavy atom. The van der Waals surface area contributed by atoms with E-state index >= 15 is 0 Å². The van der Waals surface area contributed by atoms with Gasteiger partial charge in [-0.25, -0.2) is 0 Å². The summed E-state index contributed by atoms with van der Waals surface area (Å²) < 4.78 is 5.52. The summed E-state index contributed by atoms with van der Waals surface area (Å²) in [6.45, 7) is 2.23. The van der Waals surface area contributed by atoms with Crippen molar-refractivity contribution in [3.05, 3.63) is 24.3 Å². The molecule has 2 rings (SSSR count). The molecule has 1 saturated heterocycles. The van der Waals surface area contributed by atoms with E-state index in [9.17, 15) is 9.59 Å². The van der Waals surface area contributed by atoms with Crippen LogP contribution in [0.2, 0.25) is 0 Å². The summed E-state index contributed by atoms with van der Waals surface area (Å²) in [6.07, 6.45) is 1.74. The van der Waals surface area contributed by atoms with Crippen LogP contribution in [0.25, 0.3) is 0 Å². The predicted molar refractivity (Wildman–Crippen MR) is 98.7 cm³/mol. The number of nitrogens with one attached hydrogen (secondary N) is 3. The van der Waals surface area contributed by atoms with Crippen LogP contribution in [0.5, 0.6) is 0 Å². The number of carbonyl (C=O) groups is 2. The molecule has 0 spiro atoms. The van der Waals surface area contributed by atoms with Gasteiger partial charge < -0.3 is 25.6 Å². The quantitative estimate of drug-likeness (QED) is 0.692. The van der Waals surface area contributed by atoms with Crippen LogP contribution < -0.4 is 16.0 Å². The van der Waals surface area contributed by atoms with Crippen LogP contribution in [0.1, 0.15) is 19.3 Å². The first-order valence-corrected chi connectivity index (χ1v) is 8.57. The molecule has 0 bridgehead atoms. The van der Waals surface area contributed by atoms with Crippen LogP contribution >= 0.6 is 0 Å². The van der Waals surface area contributed by atoms with E-state index < -0.39 is 5.60 Å². The molecule has 7 nitrogen and oxygen atoms in total. The Morgan fingerprint density at radius 1 is 1.12 bits per heavy atom. The highest BCUT2D eigenvalue weighted by Gasteiger charge is 2.39. The molecule has 138 valence electrons. The monoisotopic (exact) mass is 348 g/mol. The minimum atomic E-state index is -0.773. The zero-order valence-corrected chi connectivity index (χ0v) is 15.2. The zero-order chi connectivity index (χ0) is 18.3. The fourth-order valence-electron chi connectivity index (χ4n) is 2.79. The van der Waals surface area contributed by atoms with E-state index in [1.165, 1.54) is 0 Å². The average Bonchev–Trinajstić information content (AvgIpc) is 2.62. The van der Waals surface area contributed by atoms with E-state index in [1.54, 1.807) is 31.4 Å². The Balaban J connectivity index is 1.91. The number of hydrogen-bond donors (Lipinski definition) is 3. The highest BCUT2D eigenvalue weighted by Crippen LogP contribution is 2.25. The summed E-state index contributed by atoms with van der Waals surface area (Å²) >= 11 is 0. The summed E-state index contributed by atoms with van der Waals surface area (Å²) in [5.41, 5.74) is 0.626. The number of benzene rings is 1.